The number of ether oxygens (including phenoxy) is 2. The summed E-state index contributed by atoms with van der Waals surface area (Å²) in [6.45, 7) is 2.49. The number of amides is 1. The van der Waals surface area contributed by atoms with Gasteiger partial charge in [0.05, 0.1) is 22.2 Å². The molecule has 4 heterocycles. The molecule has 1 amide bonds. The molecule has 0 unspecified atom stereocenters. The molecule has 10 nitrogen and oxygen atoms in total. The lowest BCUT2D eigenvalue weighted by Gasteiger charge is -2.37. The SMILES string of the molecule is CO[C@H]1CN(c2nc(-c3ncccc3F)c(OC(=O)O)s2)CC[C@H]1NC(=O)c1[nH]c(C)c(Cl)c1Cl. The van der Waals surface area contributed by atoms with Crippen LogP contribution in [0.2, 0.25) is 10.0 Å². The highest BCUT2D eigenvalue weighted by Crippen LogP contribution is 2.40. The summed E-state index contributed by atoms with van der Waals surface area (Å²) in [4.78, 5) is 37.1. The van der Waals surface area contributed by atoms with E-state index in [-0.39, 0.29) is 33.2 Å². The molecule has 186 valence electrons. The molecule has 1 fully saturated rings. The van der Waals surface area contributed by atoms with Crippen molar-refractivity contribution >= 4 is 51.7 Å². The number of anilines is 1. The third-order valence-electron chi connectivity index (χ3n) is 5.48. The summed E-state index contributed by atoms with van der Waals surface area (Å²) in [7, 11) is 1.52. The van der Waals surface area contributed by atoms with E-state index in [0.717, 1.165) is 11.3 Å². The summed E-state index contributed by atoms with van der Waals surface area (Å²) in [5, 5.41) is 12.8. The van der Waals surface area contributed by atoms with Gasteiger partial charge in [0, 0.05) is 32.1 Å². The van der Waals surface area contributed by atoms with Crippen LogP contribution in [0.3, 0.4) is 0 Å². The number of nitrogens with zero attached hydrogens (tertiary/aromatic N) is 3. The zero-order valence-electron chi connectivity index (χ0n) is 18.5. The number of pyridine rings is 1. The lowest BCUT2D eigenvalue weighted by atomic mass is 10.0. The van der Waals surface area contributed by atoms with Crippen LogP contribution in [0.25, 0.3) is 11.4 Å². The molecule has 0 bridgehead atoms. The third-order valence-corrected chi connectivity index (χ3v) is 7.42. The number of thiazole rings is 1. The molecule has 0 spiro atoms. The summed E-state index contributed by atoms with van der Waals surface area (Å²) >= 11 is 13.2. The molecule has 1 aliphatic heterocycles. The second kappa shape index (κ2) is 10.4. The van der Waals surface area contributed by atoms with Gasteiger partial charge in [0.15, 0.2) is 10.9 Å². The van der Waals surface area contributed by atoms with Crippen molar-refractivity contribution in [1.82, 2.24) is 20.3 Å². The highest BCUT2D eigenvalue weighted by Gasteiger charge is 2.34. The fourth-order valence-corrected chi connectivity index (χ4v) is 5.12. The Kier molecular flexibility index (Phi) is 7.45. The van der Waals surface area contributed by atoms with Crippen LogP contribution in [0.5, 0.6) is 5.06 Å². The van der Waals surface area contributed by atoms with E-state index in [1.165, 1.54) is 25.4 Å². The average molecular weight is 544 g/mol. The van der Waals surface area contributed by atoms with Crippen molar-refractivity contribution in [2.75, 3.05) is 25.1 Å². The second-order valence-electron chi connectivity index (χ2n) is 7.68. The molecule has 3 N–H and O–H groups in total. The number of carbonyl (C=O) groups excluding carboxylic acids is 1. The molecule has 3 aromatic rings. The predicted molar refractivity (Wildman–Crippen MR) is 128 cm³/mol. The third kappa shape index (κ3) is 5.20. The van der Waals surface area contributed by atoms with Crippen LogP contribution in [0.4, 0.5) is 14.3 Å². The Balaban J connectivity index is 1.54. The Morgan fingerprint density at radius 2 is 2.11 bits per heavy atom. The molecule has 1 aliphatic rings. The van der Waals surface area contributed by atoms with Gasteiger partial charge >= 0.3 is 6.16 Å². The van der Waals surface area contributed by atoms with E-state index < -0.39 is 24.0 Å². The standard InChI is InChI=1S/C21H20Cl2FN5O5S/c1-9-13(22)14(23)16(26-9)18(30)27-11-5-7-29(8-12(11)33-2)20-28-17(19(35-20)34-21(31)32)15-10(24)4-3-6-25-15/h3-4,6,11-12,26H,5,7-8H2,1-2H3,(H,27,30)(H,31,32)/t11-,12+/m1/s1. The number of aryl methyl sites for hydroxylation is 1. The molecule has 1 saturated heterocycles. The topological polar surface area (TPSA) is 130 Å². The van der Waals surface area contributed by atoms with Gasteiger partial charge in [-0.25, -0.2) is 14.2 Å². The number of halogens is 3. The quantitative estimate of drug-likeness (QED) is 0.391. The fraction of sp³-hybridized carbons (Fsp3) is 0.333. The first-order valence-corrected chi connectivity index (χ1v) is 11.9. The van der Waals surface area contributed by atoms with Gasteiger partial charge in [-0.1, -0.05) is 34.5 Å². The smallest absolute Gasteiger partial charge is 0.449 e. The molecule has 4 rings (SSSR count). The van der Waals surface area contributed by atoms with Crippen LogP contribution < -0.4 is 15.0 Å². The van der Waals surface area contributed by atoms with Crippen LogP contribution in [-0.2, 0) is 4.74 Å². The van der Waals surface area contributed by atoms with E-state index in [1.54, 1.807) is 6.92 Å². The maximum absolute atomic E-state index is 14.3. The maximum Gasteiger partial charge on any atom is 0.512 e. The van der Waals surface area contributed by atoms with Crippen molar-refractivity contribution in [3.8, 4) is 16.5 Å². The number of carbonyl (C=O) groups is 2. The number of carboxylic acid groups (broad SMARTS) is 1. The van der Waals surface area contributed by atoms with Crippen molar-refractivity contribution in [2.24, 2.45) is 0 Å². The van der Waals surface area contributed by atoms with Crippen LogP contribution >= 0.6 is 34.5 Å². The van der Waals surface area contributed by atoms with E-state index in [0.29, 0.717) is 35.4 Å². The van der Waals surface area contributed by atoms with Gasteiger partial charge < -0.3 is 29.8 Å². The van der Waals surface area contributed by atoms with E-state index in [2.05, 4.69) is 20.3 Å². The summed E-state index contributed by atoms with van der Waals surface area (Å²) < 4.78 is 24.8. The predicted octanol–water partition coefficient (Wildman–Crippen LogP) is 4.37. The number of methoxy groups -OCH3 is 1. The highest BCUT2D eigenvalue weighted by molar-refractivity contribution is 7.18. The molecule has 0 aromatic carbocycles. The van der Waals surface area contributed by atoms with Crippen molar-refractivity contribution < 1.29 is 28.6 Å². The lowest BCUT2D eigenvalue weighted by molar-refractivity contribution is 0.0540. The number of aromatic nitrogens is 3. The summed E-state index contributed by atoms with van der Waals surface area (Å²) in [6, 6.07) is 2.28. The number of aromatic amines is 1. The van der Waals surface area contributed by atoms with Crippen molar-refractivity contribution in [3.63, 3.8) is 0 Å². The van der Waals surface area contributed by atoms with Gasteiger partial charge in [-0.3, -0.25) is 9.78 Å². The van der Waals surface area contributed by atoms with Crippen molar-refractivity contribution in [1.29, 1.82) is 0 Å². The zero-order chi connectivity index (χ0) is 25.3. The fourth-order valence-electron chi connectivity index (χ4n) is 3.75. The molecular weight excluding hydrogens is 524 g/mol. The summed E-state index contributed by atoms with van der Waals surface area (Å²) in [5.41, 5.74) is 0.629. The van der Waals surface area contributed by atoms with Gasteiger partial charge in [-0.15, -0.1) is 0 Å². The van der Waals surface area contributed by atoms with Gasteiger partial charge in [-0.2, -0.15) is 0 Å². The van der Waals surface area contributed by atoms with Crippen molar-refractivity contribution in [3.05, 3.63) is 45.6 Å². The Morgan fingerprint density at radius 1 is 1.34 bits per heavy atom. The van der Waals surface area contributed by atoms with E-state index >= 15 is 0 Å². The van der Waals surface area contributed by atoms with Crippen LogP contribution in [0.1, 0.15) is 22.6 Å². The van der Waals surface area contributed by atoms with E-state index in [4.69, 9.17) is 37.8 Å². The number of hydrogen-bond donors (Lipinski definition) is 3. The molecular formula is C21H20Cl2FN5O5S. The number of piperidine rings is 1. The summed E-state index contributed by atoms with van der Waals surface area (Å²) in [5.74, 6) is -1.07. The zero-order valence-corrected chi connectivity index (χ0v) is 20.8. The lowest BCUT2D eigenvalue weighted by Crippen LogP contribution is -2.55. The van der Waals surface area contributed by atoms with Gasteiger partial charge in [0.25, 0.3) is 5.91 Å². The molecule has 35 heavy (non-hydrogen) atoms. The average Bonchev–Trinajstić information content (AvgIpc) is 3.35. The number of rotatable bonds is 6. The van der Waals surface area contributed by atoms with E-state index in [9.17, 15) is 14.0 Å². The molecule has 0 aliphatic carbocycles. The van der Waals surface area contributed by atoms with Crippen molar-refractivity contribution in [2.45, 2.75) is 25.5 Å². The minimum Gasteiger partial charge on any atom is -0.449 e. The number of H-pyrrole nitrogens is 1. The maximum atomic E-state index is 14.3. The molecule has 0 radical (unpaired) electrons. The van der Waals surface area contributed by atoms with Gasteiger partial charge in [0.1, 0.15) is 17.1 Å². The Morgan fingerprint density at radius 3 is 2.74 bits per heavy atom. The van der Waals surface area contributed by atoms with E-state index in [1.807, 2.05) is 4.90 Å². The molecule has 14 heteroatoms. The number of hydrogen-bond acceptors (Lipinski definition) is 8. The molecule has 3 aromatic heterocycles. The summed E-state index contributed by atoms with van der Waals surface area (Å²) in [6.07, 6.45) is -0.118. The Hall–Kier alpha value is -2.93. The minimum absolute atomic E-state index is 0.0106. The van der Waals surface area contributed by atoms with Crippen LogP contribution in [0.15, 0.2) is 18.3 Å². The van der Waals surface area contributed by atoms with Gasteiger partial charge in [-0.05, 0) is 25.5 Å². The highest BCUT2D eigenvalue weighted by atomic mass is 35.5. The molecule has 2 atom stereocenters. The Bertz CT molecular complexity index is 1270. The first kappa shape index (κ1) is 25.2. The molecule has 0 saturated carbocycles. The Labute approximate surface area is 213 Å². The largest absolute Gasteiger partial charge is 0.512 e. The minimum atomic E-state index is -1.55. The van der Waals surface area contributed by atoms with Gasteiger partial charge in [0.2, 0.25) is 5.06 Å². The van der Waals surface area contributed by atoms with Crippen LogP contribution in [-0.4, -0.2) is 64.5 Å². The first-order valence-electron chi connectivity index (χ1n) is 10.3. The number of nitrogens with one attached hydrogen (secondary N) is 2. The normalized spacial score (nSPS) is 17.9. The monoisotopic (exact) mass is 543 g/mol. The first-order chi connectivity index (χ1) is 16.7. The van der Waals surface area contributed by atoms with Crippen LogP contribution in [0, 0.1) is 12.7 Å². The second-order valence-corrected chi connectivity index (χ2v) is 9.37.